The average molecular weight is 244 g/mol. The van der Waals surface area contributed by atoms with Crippen LogP contribution in [0.1, 0.15) is 38.2 Å². The molecule has 0 amide bonds. The third-order valence-corrected chi connectivity index (χ3v) is 2.98. The lowest BCUT2D eigenvalue weighted by Crippen LogP contribution is -2.23. The molecule has 1 aromatic rings. The number of nitrogens with two attached hydrogens (primary N) is 1. The fourth-order valence-corrected chi connectivity index (χ4v) is 1.94. The molecule has 1 unspecified atom stereocenters. The minimum Gasteiger partial charge on any atom is -0.327 e. The van der Waals surface area contributed by atoms with Gasteiger partial charge >= 0.3 is 0 Å². The van der Waals surface area contributed by atoms with Gasteiger partial charge in [-0.15, -0.1) is 0 Å². The number of unbranched alkanes of at least 4 members (excludes halogenated alkanes) is 2. The summed E-state index contributed by atoms with van der Waals surface area (Å²) in [5.41, 5.74) is 6.58. The highest BCUT2D eigenvalue weighted by Crippen LogP contribution is 2.19. The van der Waals surface area contributed by atoms with Crippen LogP contribution in [0.2, 0.25) is 5.02 Å². The highest BCUT2D eigenvalue weighted by atomic mass is 35.5. The molecular weight excluding hydrogens is 225 g/mol. The maximum atomic E-state index is 13.6. The van der Waals surface area contributed by atoms with Crippen LogP contribution < -0.4 is 5.73 Å². The minimum absolute atomic E-state index is 0.0273. The fraction of sp³-hybridized carbons (Fsp3) is 0.538. The van der Waals surface area contributed by atoms with Gasteiger partial charge in [0, 0.05) is 6.04 Å². The highest BCUT2D eigenvalue weighted by Gasteiger charge is 2.10. The molecule has 0 aliphatic rings. The molecule has 0 aliphatic heterocycles. The highest BCUT2D eigenvalue weighted by molar-refractivity contribution is 6.30. The number of halogens is 2. The predicted molar refractivity (Wildman–Crippen MR) is 67.2 cm³/mol. The first-order valence-electron chi connectivity index (χ1n) is 5.83. The Morgan fingerprint density at radius 2 is 2.12 bits per heavy atom. The van der Waals surface area contributed by atoms with E-state index in [1.165, 1.54) is 12.8 Å². The fourth-order valence-electron chi connectivity index (χ4n) is 1.75. The van der Waals surface area contributed by atoms with Gasteiger partial charge in [-0.25, -0.2) is 4.39 Å². The molecular formula is C13H19ClFN. The lowest BCUT2D eigenvalue weighted by atomic mass is 10.0. The monoisotopic (exact) mass is 243 g/mol. The van der Waals surface area contributed by atoms with Crippen LogP contribution >= 0.6 is 11.6 Å². The van der Waals surface area contributed by atoms with Crippen molar-refractivity contribution in [3.05, 3.63) is 34.6 Å². The summed E-state index contributed by atoms with van der Waals surface area (Å²) in [7, 11) is 0. The Morgan fingerprint density at radius 3 is 2.81 bits per heavy atom. The zero-order valence-corrected chi connectivity index (χ0v) is 10.4. The Balaban J connectivity index is 2.49. The normalized spacial score (nSPS) is 12.8. The van der Waals surface area contributed by atoms with Crippen molar-refractivity contribution in [1.82, 2.24) is 0 Å². The molecule has 1 nitrogen and oxygen atoms in total. The molecule has 0 aliphatic carbocycles. The summed E-state index contributed by atoms with van der Waals surface area (Å²) in [5, 5.41) is 0.179. The minimum atomic E-state index is -0.324. The molecule has 0 aromatic heterocycles. The van der Waals surface area contributed by atoms with Crippen LogP contribution in [-0.4, -0.2) is 6.04 Å². The summed E-state index contributed by atoms with van der Waals surface area (Å²) in [6.45, 7) is 2.15. The van der Waals surface area contributed by atoms with Gasteiger partial charge in [0.2, 0.25) is 0 Å². The van der Waals surface area contributed by atoms with Gasteiger partial charge in [-0.3, -0.25) is 0 Å². The molecule has 0 radical (unpaired) electrons. The van der Waals surface area contributed by atoms with Crippen LogP contribution in [-0.2, 0) is 6.42 Å². The molecule has 1 rings (SSSR count). The van der Waals surface area contributed by atoms with Crippen molar-refractivity contribution in [2.75, 3.05) is 0 Å². The van der Waals surface area contributed by atoms with Gasteiger partial charge in [-0.1, -0.05) is 49.9 Å². The molecule has 90 valence electrons. The van der Waals surface area contributed by atoms with E-state index in [9.17, 15) is 4.39 Å². The third kappa shape index (κ3) is 4.11. The van der Waals surface area contributed by atoms with E-state index in [-0.39, 0.29) is 16.9 Å². The van der Waals surface area contributed by atoms with E-state index in [4.69, 9.17) is 17.3 Å². The van der Waals surface area contributed by atoms with Gasteiger partial charge in [0.25, 0.3) is 0 Å². The Kier molecular flexibility index (Phi) is 5.78. The molecule has 0 saturated heterocycles. The molecule has 0 saturated carbocycles. The lowest BCUT2D eigenvalue weighted by molar-refractivity contribution is 0.538. The predicted octanol–water partition coefficient (Wildman–Crippen LogP) is 3.93. The molecule has 0 bridgehead atoms. The second-order valence-electron chi connectivity index (χ2n) is 4.17. The second kappa shape index (κ2) is 6.87. The number of hydrogen-bond acceptors (Lipinski definition) is 1. The summed E-state index contributed by atoms with van der Waals surface area (Å²) >= 11 is 5.71. The first-order chi connectivity index (χ1) is 7.65. The van der Waals surface area contributed by atoms with Crippen molar-refractivity contribution in [1.29, 1.82) is 0 Å². The topological polar surface area (TPSA) is 26.0 Å². The number of benzene rings is 1. The van der Waals surface area contributed by atoms with E-state index in [1.807, 2.05) is 0 Å². The first kappa shape index (κ1) is 13.5. The summed E-state index contributed by atoms with van der Waals surface area (Å²) in [6, 6.07) is 5.10. The van der Waals surface area contributed by atoms with Gasteiger partial charge in [0.15, 0.2) is 0 Å². The number of rotatable bonds is 6. The zero-order chi connectivity index (χ0) is 12.0. The van der Waals surface area contributed by atoms with E-state index in [2.05, 4.69) is 6.92 Å². The van der Waals surface area contributed by atoms with Crippen molar-refractivity contribution in [3.8, 4) is 0 Å². The van der Waals surface area contributed by atoms with Crippen molar-refractivity contribution >= 4 is 11.6 Å². The molecule has 0 fully saturated rings. The molecule has 2 N–H and O–H groups in total. The van der Waals surface area contributed by atoms with Crippen molar-refractivity contribution in [2.24, 2.45) is 5.73 Å². The Hall–Kier alpha value is -0.600. The van der Waals surface area contributed by atoms with Gasteiger partial charge < -0.3 is 5.73 Å². The van der Waals surface area contributed by atoms with E-state index in [0.29, 0.717) is 12.0 Å². The van der Waals surface area contributed by atoms with Gasteiger partial charge in [-0.2, -0.15) is 0 Å². The molecule has 16 heavy (non-hydrogen) atoms. The smallest absolute Gasteiger partial charge is 0.145 e. The molecule has 1 aromatic carbocycles. The zero-order valence-electron chi connectivity index (χ0n) is 9.68. The van der Waals surface area contributed by atoms with E-state index in [0.717, 1.165) is 12.8 Å². The van der Waals surface area contributed by atoms with Crippen LogP contribution in [0, 0.1) is 5.82 Å². The Morgan fingerprint density at radius 1 is 1.38 bits per heavy atom. The maximum absolute atomic E-state index is 13.6. The van der Waals surface area contributed by atoms with Crippen molar-refractivity contribution < 1.29 is 4.39 Å². The summed E-state index contributed by atoms with van der Waals surface area (Å²) in [4.78, 5) is 0. The lowest BCUT2D eigenvalue weighted by Gasteiger charge is -2.12. The summed E-state index contributed by atoms with van der Waals surface area (Å²) in [6.07, 6.45) is 4.99. The SMILES string of the molecule is CCCCCC(N)Cc1cccc(Cl)c1F. The molecule has 1 atom stereocenters. The number of hydrogen-bond donors (Lipinski definition) is 1. The Bertz CT molecular complexity index is 328. The van der Waals surface area contributed by atoms with Crippen LogP contribution in [0.15, 0.2) is 18.2 Å². The Labute approximate surface area is 102 Å². The summed E-state index contributed by atoms with van der Waals surface area (Å²) in [5.74, 6) is -0.324. The van der Waals surface area contributed by atoms with Crippen molar-refractivity contribution in [3.63, 3.8) is 0 Å². The quantitative estimate of drug-likeness (QED) is 0.753. The summed E-state index contributed by atoms with van der Waals surface area (Å²) < 4.78 is 13.6. The standard InChI is InChI=1S/C13H19ClFN/c1-2-3-4-7-11(16)9-10-6-5-8-12(14)13(10)15/h5-6,8,11H,2-4,7,9,16H2,1H3. The molecule has 0 heterocycles. The first-order valence-corrected chi connectivity index (χ1v) is 6.21. The van der Waals surface area contributed by atoms with Crippen molar-refractivity contribution in [2.45, 2.75) is 45.1 Å². The second-order valence-corrected chi connectivity index (χ2v) is 4.58. The third-order valence-electron chi connectivity index (χ3n) is 2.69. The van der Waals surface area contributed by atoms with Crippen LogP contribution in [0.25, 0.3) is 0 Å². The van der Waals surface area contributed by atoms with Gasteiger partial charge in [-0.05, 0) is 24.5 Å². The van der Waals surface area contributed by atoms with E-state index < -0.39 is 0 Å². The average Bonchev–Trinajstić information content (AvgIpc) is 2.25. The largest absolute Gasteiger partial charge is 0.327 e. The van der Waals surface area contributed by atoms with Gasteiger partial charge in [0.05, 0.1) is 5.02 Å². The maximum Gasteiger partial charge on any atom is 0.145 e. The molecule has 0 spiro atoms. The van der Waals surface area contributed by atoms with Crippen LogP contribution in [0.3, 0.4) is 0 Å². The molecule has 3 heteroatoms. The van der Waals surface area contributed by atoms with E-state index in [1.54, 1.807) is 18.2 Å². The van der Waals surface area contributed by atoms with Crippen LogP contribution in [0.5, 0.6) is 0 Å². The van der Waals surface area contributed by atoms with Gasteiger partial charge in [0.1, 0.15) is 5.82 Å². The van der Waals surface area contributed by atoms with E-state index >= 15 is 0 Å². The van der Waals surface area contributed by atoms with Crippen LogP contribution in [0.4, 0.5) is 4.39 Å².